The second-order valence-corrected chi connectivity index (χ2v) is 4.34. The molecule has 4 heteroatoms. The van der Waals surface area contributed by atoms with E-state index in [1.54, 1.807) is 0 Å². The van der Waals surface area contributed by atoms with Crippen LogP contribution < -0.4 is 5.32 Å². The van der Waals surface area contributed by atoms with E-state index in [1.165, 1.54) is 0 Å². The van der Waals surface area contributed by atoms with E-state index >= 15 is 0 Å². The highest BCUT2D eigenvalue weighted by molar-refractivity contribution is 5.19. The average Bonchev–Trinajstić information content (AvgIpc) is 2.38. The molecule has 1 saturated heterocycles. The highest BCUT2D eigenvalue weighted by atomic mass is 19.3. The Balaban J connectivity index is 2.12. The largest absolute Gasteiger partial charge is 0.314 e. The van der Waals surface area contributed by atoms with E-state index in [4.69, 9.17) is 0 Å². The SMILES string of the molecule is FC(F)C[C@@H](c1ccccc1)N1CCNCC1. The summed E-state index contributed by atoms with van der Waals surface area (Å²) in [5.74, 6) is 0. The molecule has 2 nitrogen and oxygen atoms in total. The Morgan fingerprint density at radius 1 is 1.12 bits per heavy atom. The molecule has 0 amide bonds. The van der Waals surface area contributed by atoms with Gasteiger partial charge in [-0.2, -0.15) is 0 Å². The fourth-order valence-electron chi connectivity index (χ4n) is 2.33. The van der Waals surface area contributed by atoms with Crippen molar-refractivity contribution in [3.8, 4) is 0 Å². The van der Waals surface area contributed by atoms with Gasteiger partial charge < -0.3 is 5.32 Å². The van der Waals surface area contributed by atoms with E-state index < -0.39 is 6.43 Å². The Morgan fingerprint density at radius 3 is 2.35 bits per heavy atom. The zero-order valence-electron chi connectivity index (χ0n) is 9.78. The van der Waals surface area contributed by atoms with Crippen LogP contribution in [0.4, 0.5) is 8.78 Å². The van der Waals surface area contributed by atoms with Crippen molar-refractivity contribution in [2.45, 2.75) is 18.9 Å². The number of rotatable bonds is 4. The van der Waals surface area contributed by atoms with Crippen LogP contribution in [0.25, 0.3) is 0 Å². The fourth-order valence-corrected chi connectivity index (χ4v) is 2.33. The highest BCUT2D eigenvalue weighted by Gasteiger charge is 2.24. The summed E-state index contributed by atoms with van der Waals surface area (Å²) in [6, 6.07) is 9.47. The molecule has 0 unspecified atom stereocenters. The Bertz CT molecular complexity index is 323. The summed E-state index contributed by atoms with van der Waals surface area (Å²) in [5, 5.41) is 3.25. The number of hydrogen-bond acceptors (Lipinski definition) is 2. The molecular formula is C13H18F2N2. The van der Waals surface area contributed by atoms with Gasteiger partial charge in [0.15, 0.2) is 0 Å². The van der Waals surface area contributed by atoms with Crippen molar-refractivity contribution in [2.24, 2.45) is 0 Å². The molecule has 0 spiro atoms. The van der Waals surface area contributed by atoms with Crippen LogP contribution in [0.2, 0.25) is 0 Å². The van der Waals surface area contributed by atoms with E-state index in [9.17, 15) is 8.78 Å². The van der Waals surface area contributed by atoms with Crippen molar-refractivity contribution >= 4 is 0 Å². The van der Waals surface area contributed by atoms with Gasteiger partial charge in [0.25, 0.3) is 0 Å². The van der Waals surface area contributed by atoms with Crippen LogP contribution in [0, 0.1) is 0 Å². The number of nitrogens with zero attached hydrogens (tertiary/aromatic N) is 1. The van der Waals surface area contributed by atoms with Crippen molar-refractivity contribution in [2.75, 3.05) is 26.2 Å². The second kappa shape index (κ2) is 6.07. The molecule has 1 fully saturated rings. The van der Waals surface area contributed by atoms with E-state index in [0.29, 0.717) is 0 Å². The van der Waals surface area contributed by atoms with Crippen molar-refractivity contribution in [3.63, 3.8) is 0 Å². The van der Waals surface area contributed by atoms with Gasteiger partial charge in [-0.15, -0.1) is 0 Å². The van der Waals surface area contributed by atoms with Crippen molar-refractivity contribution in [1.29, 1.82) is 0 Å². The molecule has 2 rings (SSSR count). The van der Waals surface area contributed by atoms with Crippen LogP contribution in [-0.2, 0) is 0 Å². The minimum atomic E-state index is -2.25. The predicted octanol–water partition coefficient (Wildman–Crippen LogP) is 2.29. The number of hydrogen-bond donors (Lipinski definition) is 1. The van der Waals surface area contributed by atoms with Crippen molar-refractivity contribution in [1.82, 2.24) is 10.2 Å². The lowest BCUT2D eigenvalue weighted by molar-refractivity contribution is 0.0739. The zero-order chi connectivity index (χ0) is 12.1. The molecule has 1 heterocycles. The molecule has 17 heavy (non-hydrogen) atoms. The number of benzene rings is 1. The van der Waals surface area contributed by atoms with Gasteiger partial charge >= 0.3 is 0 Å². The Kier molecular flexibility index (Phi) is 4.45. The first-order valence-electron chi connectivity index (χ1n) is 6.05. The molecule has 1 aliphatic rings. The molecule has 0 radical (unpaired) electrons. The van der Waals surface area contributed by atoms with Gasteiger partial charge in [0, 0.05) is 38.6 Å². The average molecular weight is 240 g/mol. The fraction of sp³-hybridized carbons (Fsp3) is 0.538. The molecule has 0 saturated carbocycles. The lowest BCUT2D eigenvalue weighted by Gasteiger charge is -2.35. The summed E-state index contributed by atoms with van der Waals surface area (Å²) in [5.41, 5.74) is 0.995. The molecule has 94 valence electrons. The van der Waals surface area contributed by atoms with Crippen LogP contribution >= 0.6 is 0 Å². The number of piperazine rings is 1. The number of nitrogens with one attached hydrogen (secondary N) is 1. The van der Waals surface area contributed by atoms with Gasteiger partial charge in [-0.3, -0.25) is 4.90 Å². The Labute approximate surface area is 101 Å². The second-order valence-electron chi connectivity index (χ2n) is 4.34. The van der Waals surface area contributed by atoms with E-state index in [1.807, 2.05) is 30.3 Å². The molecule has 1 aromatic rings. The first-order valence-corrected chi connectivity index (χ1v) is 6.05. The Hall–Kier alpha value is -1.00. The first-order chi connectivity index (χ1) is 8.27. The molecule has 1 N–H and O–H groups in total. The third-order valence-corrected chi connectivity index (χ3v) is 3.18. The molecule has 0 aliphatic carbocycles. The standard InChI is InChI=1S/C13H18F2N2/c14-13(15)10-12(11-4-2-1-3-5-11)17-8-6-16-7-9-17/h1-5,12-13,16H,6-10H2/t12-/m0/s1. The van der Waals surface area contributed by atoms with Gasteiger partial charge in [0.2, 0.25) is 6.43 Å². The molecule has 1 aromatic carbocycles. The Morgan fingerprint density at radius 2 is 1.76 bits per heavy atom. The smallest absolute Gasteiger partial charge is 0.240 e. The van der Waals surface area contributed by atoms with Gasteiger partial charge in [-0.05, 0) is 5.56 Å². The van der Waals surface area contributed by atoms with E-state index in [0.717, 1.165) is 31.7 Å². The van der Waals surface area contributed by atoms with Crippen LogP contribution in [0.15, 0.2) is 30.3 Å². The molecule has 0 aromatic heterocycles. The zero-order valence-corrected chi connectivity index (χ0v) is 9.78. The lowest BCUT2D eigenvalue weighted by atomic mass is 10.0. The quantitative estimate of drug-likeness (QED) is 0.868. The van der Waals surface area contributed by atoms with Crippen LogP contribution in [0.1, 0.15) is 18.0 Å². The molecule has 1 aliphatic heterocycles. The van der Waals surface area contributed by atoms with Gasteiger partial charge in [0.05, 0.1) is 0 Å². The van der Waals surface area contributed by atoms with E-state index in [-0.39, 0.29) is 12.5 Å². The van der Waals surface area contributed by atoms with Crippen LogP contribution in [-0.4, -0.2) is 37.5 Å². The maximum atomic E-state index is 12.7. The lowest BCUT2D eigenvalue weighted by Crippen LogP contribution is -2.45. The van der Waals surface area contributed by atoms with Gasteiger partial charge in [-0.1, -0.05) is 30.3 Å². The van der Waals surface area contributed by atoms with E-state index in [2.05, 4.69) is 10.2 Å². The van der Waals surface area contributed by atoms with Crippen LogP contribution in [0.3, 0.4) is 0 Å². The van der Waals surface area contributed by atoms with Crippen molar-refractivity contribution < 1.29 is 8.78 Å². The maximum absolute atomic E-state index is 12.7. The maximum Gasteiger partial charge on any atom is 0.240 e. The summed E-state index contributed by atoms with van der Waals surface area (Å²) in [7, 11) is 0. The van der Waals surface area contributed by atoms with Gasteiger partial charge in [0.1, 0.15) is 0 Å². The predicted molar refractivity (Wildman–Crippen MR) is 64.2 cm³/mol. The monoisotopic (exact) mass is 240 g/mol. The highest BCUT2D eigenvalue weighted by Crippen LogP contribution is 2.27. The topological polar surface area (TPSA) is 15.3 Å². The normalized spacial score (nSPS) is 19.5. The molecule has 1 atom stereocenters. The summed E-state index contributed by atoms with van der Waals surface area (Å²) in [6.45, 7) is 3.44. The number of alkyl halides is 2. The minimum Gasteiger partial charge on any atom is -0.314 e. The third-order valence-electron chi connectivity index (χ3n) is 3.18. The van der Waals surface area contributed by atoms with Gasteiger partial charge in [-0.25, -0.2) is 8.78 Å². The summed E-state index contributed by atoms with van der Waals surface area (Å²) < 4.78 is 25.4. The van der Waals surface area contributed by atoms with Crippen LogP contribution in [0.5, 0.6) is 0 Å². The summed E-state index contributed by atoms with van der Waals surface area (Å²) >= 11 is 0. The third kappa shape index (κ3) is 3.48. The number of halogens is 2. The summed E-state index contributed by atoms with van der Waals surface area (Å²) in [4.78, 5) is 2.15. The molecular weight excluding hydrogens is 222 g/mol. The first kappa shape index (κ1) is 12.5. The summed E-state index contributed by atoms with van der Waals surface area (Å²) in [6.07, 6.45) is -2.33. The molecule has 0 bridgehead atoms. The minimum absolute atomic E-state index is 0.0794. The van der Waals surface area contributed by atoms with Crippen molar-refractivity contribution in [3.05, 3.63) is 35.9 Å².